The summed E-state index contributed by atoms with van der Waals surface area (Å²) >= 11 is 0. The normalized spacial score (nSPS) is 21.2. The van der Waals surface area contributed by atoms with Crippen LogP contribution in [0.2, 0.25) is 0 Å². The molecule has 1 N–H and O–H groups in total. The van der Waals surface area contributed by atoms with Gasteiger partial charge in [-0.1, -0.05) is 25.7 Å². The standard InChI is InChI=1S/C13H26O2/c1-2-15-11-7-10-13(14)12-8-5-3-4-6-9-12/h12-14H,2-11H2,1H3. The fraction of sp³-hybridized carbons (Fsp3) is 1.00. The second kappa shape index (κ2) is 8.12. The number of hydrogen-bond acceptors (Lipinski definition) is 2. The van der Waals surface area contributed by atoms with Crippen molar-refractivity contribution >= 4 is 0 Å². The molecule has 0 aromatic heterocycles. The molecule has 1 saturated carbocycles. The molecular formula is C13H26O2. The molecule has 1 aliphatic rings. The Bertz CT molecular complexity index is 139. The third kappa shape index (κ3) is 5.53. The highest BCUT2D eigenvalue weighted by Crippen LogP contribution is 2.27. The smallest absolute Gasteiger partial charge is 0.0569 e. The Kier molecular flexibility index (Phi) is 7.03. The van der Waals surface area contributed by atoms with Crippen molar-refractivity contribution in [3.63, 3.8) is 0 Å². The van der Waals surface area contributed by atoms with Gasteiger partial charge in [-0.3, -0.25) is 0 Å². The lowest BCUT2D eigenvalue weighted by Gasteiger charge is -2.21. The summed E-state index contributed by atoms with van der Waals surface area (Å²) in [6, 6.07) is 0. The van der Waals surface area contributed by atoms with Gasteiger partial charge in [0.05, 0.1) is 6.10 Å². The van der Waals surface area contributed by atoms with E-state index in [1.807, 2.05) is 6.92 Å². The van der Waals surface area contributed by atoms with Crippen molar-refractivity contribution in [3.05, 3.63) is 0 Å². The zero-order valence-corrected chi connectivity index (χ0v) is 10.1. The van der Waals surface area contributed by atoms with Crippen molar-refractivity contribution < 1.29 is 9.84 Å². The van der Waals surface area contributed by atoms with E-state index in [0.29, 0.717) is 5.92 Å². The summed E-state index contributed by atoms with van der Waals surface area (Å²) in [5.74, 6) is 0.564. The van der Waals surface area contributed by atoms with Gasteiger partial charge in [0, 0.05) is 13.2 Å². The van der Waals surface area contributed by atoms with E-state index < -0.39 is 0 Å². The van der Waals surface area contributed by atoms with Crippen LogP contribution >= 0.6 is 0 Å². The minimum atomic E-state index is -0.0800. The van der Waals surface area contributed by atoms with Gasteiger partial charge in [0.2, 0.25) is 0 Å². The molecule has 1 rings (SSSR count). The first kappa shape index (κ1) is 13.0. The molecule has 1 fully saturated rings. The molecule has 2 heteroatoms. The van der Waals surface area contributed by atoms with Gasteiger partial charge in [-0.05, 0) is 38.5 Å². The highest BCUT2D eigenvalue weighted by atomic mass is 16.5. The molecule has 1 atom stereocenters. The fourth-order valence-corrected chi connectivity index (χ4v) is 2.47. The molecule has 0 aromatic rings. The van der Waals surface area contributed by atoms with E-state index in [-0.39, 0.29) is 6.10 Å². The first-order chi connectivity index (χ1) is 7.34. The number of hydrogen-bond donors (Lipinski definition) is 1. The second-order valence-corrected chi connectivity index (χ2v) is 4.66. The quantitative estimate of drug-likeness (QED) is 0.543. The Hall–Kier alpha value is -0.0800. The molecular weight excluding hydrogens is 188 g/mol. The molecule has 0 aliphatic heterocycles. The molecule has 0 heterocycles. The van der Waals surface area contributed by atoms with E-state index in [0.717, 1.165) is 26.1 Å². The fourth-order valence-electron chi connectivity index (χ4n) is 2.47. The zero-order chi connectivity index (χ0) is 10.9. The largest absolute Gasteiger partial charge is 0.393 e. The van der Waals surface area contributed by atoms with Crippen molar-refractivity contribution in [1.82, 2.24) is 0 Å². The van der Waals surface area contributed by atoms with Crippen LogP contribution in [0.3, 0.4) is 0 Å². The average Bonchev–Trinajstić information content (AvgIpc) is 2.52. The van der Waals surface area contributed by atoms with Crippen LogP contribution in [0.1, 0.15) is 58.3 Å². The SMILES string of the molecule is CCOCCCC(O)C1CCCCCC1. The molecule has 0 amide bonds. The Morgan fingerprint density at radius 1 is 1.20 bits per heavy atom. The molecule has 0 aromatic carbocycles. The van der Waals surface area contributed by atoms with E-state index in [1.54, 1.807) is 0 Å². The van der Waals surface area contributed by atoms with Crippen molar-refractivity contribution in [2.24, 2.45) is 5.92 Å². The lowest BCUT2D eigenvalue weighted by Crippen LogP contribution is -2.20. The molecule has 1 unspecified atom stereocenters. The zero-order valence-electron chi connectivity index (χ0n) is 10.1. The summed E-state index contributed by atoms with van der Waals surface area (Å²) < 4.78 is 5.28. The molecule has 0 spiro atoms. The topological polar surface area (TPSA) is 29.5 Å². The van der Waals surface area contributed by atoms with Crippen LogP contribution in [-0.4, -0.2) is 24.4 Å². The van der Waals surface area contributed by atoms with Gasteiger partial charge in [0.15, 0.2) is 0 Å². The average molecular weight is 214 g/mol. The minimum Gasteiger partial charge on any atom is -0.393 e. The summed E-state index contributed by atoms with van der Waals surface area (Å²) in [6.07, 6.45) is 9.66. The molecule has 15 heavy (non-hydrogen) atoms. The monoisotopic (exact) mass is 214 g/mol. The summed E-state index contributed by atoms with van der Waals surface area (Å²) in [4.78, 5) is 0. The van der Waals surface area contributed by atoms with E-state index in [2.05, 4.69) is 0 Å². The number of ether oxygens (including phenoxy) is 1. The predicted molar refractivity (Wildman–Crippen MR) is 62.9 cm³/mol. The van der Waals surface area contributed by atoms with Crippen LogP contribution in [0.15, 0.2) is 0 Å². The van der Waals surface area contributed by atoms with Crippen molar-refractivity contribution in [1.29, 1.82) is 0 Å². The minimum absolute atomic E-state index is 0.0800. The van der Waals surface area contributed by atoms with Crippen molar-refractivity contribution in [3.8, 4) is 0 Å². The summed E-state index contributed by atoms with van der Waals surface area (Å²) in [5.41, 5.74) is 0. The molecule has 90 valence electrons. The van der Waals surface area contributed by atoms with Crippen LogP contribution in [0.25, 0.3) is 0 Å². The lowest BCUT2D eigenvalue weighted by molar-refractivity contribution is 0.0717. The first-order valence-corrected chi connectivity index (χ1v) is 6.60. The van der Waals surface area contributed by atoms with Gasteiger partial charge in [-0.2, -0.15) is 0 Å². The Balaban J connectivity index is 2.11. The number of aliphatic hydroxyl groups excluding tert-OH is 1. The van der Waals surface area contributed by atoms with Gasteiger partial charge in [0.1, 0.15) is 0 Å². The maximum atomic E-state index is 10.0. The van der Waals surface area contributed by atoms with Gasteiger partial charge in [-0.15, -0.1) is 0 Å². The Morgan fingerprint density at radius 3 is 2.47 bits per heavy atom. The van der Waals surface area contributed by atoms with Gasteiger partial charge >= 0.3 is 0 Å². The third-order valence-electron chi connectivity index (χ3n) is 3.44. The Morgan fingerprint density at radius 2 is 1.87 bits per heavy atom. The highest BCUT2D eigenvalue weighted by Gasteiger charge is 2.19. The van der Waals surface area contributed by atoms with Crippen molar-refractivity contribution in [2.45, 2.75) is 64.4 Å². The summed E-state index contributed by atoms with van der Waals surface area (Å²) in [7, 11) is 0. The van der Waals surface area contributed by atoms with Crippen LogP contribution in [0.5, 0.6) is 0 Å². The molecule has 2 nitrogen and oxygen atoms in total. The van der Waals surface area contributed by atoms with Crippen LogP contribution in [-0.2, 0) is 4.74 Å². The molecule has 1 aliphatic carbocycles. The van der Waals surface area contributed by atoms with E-state index >= 15 is 0 Å². The van der Waals surface area contributed by atoms with E-state index in [9.17, 15) is 5.11 Å². The third-order valence-corrected chi connectivity index (χ3v) is 3.44. The van der Waals surface area contributed by atoms with E-state index in [4.69, 9.17) is 4.74 Å². The van der Waals surface area contributed by atoms with Gasteiger partial charge in [0.25, 0.3) is 0 Å². The molecule has 0 radical (unpaired) electrons. The van der Waals surface area contributed by atoms with Crippen LogP contribution in [0, 0.1) is 5.92 Å². The summed E-state index contributed by atoms with van der Waals surface area (Å²) in [6.45, 7) is 3.61. The number of aliphatic hydroxyl groups is 1. The number of rotatable bonds is 6. The van der Waals surface area contributed by atoms with Crippen LogP contribution < -0.4 is 0 Å². The predicted octanol–water partition coefficient (Wildman–Crippen LogP) is 3.13. The summed E-state index contributed by atoms with van der Waals surface area (Å²) in [5, 5.41) is 10.0. The lowest BCUT2D eigenvalue weighted by atomic mass is 9.91. The molecule has 0 bridgehead atoms. The maximum absolute atomic E-state index is 10.0. The van der Waals surface area contributed by atoms with Crippen LogP contribution in [0.4, 0.5) is 0 Å². The Labute approximate surface area is 94.0 Å². The van der Waals surface area contributed by atoms with Crippen molar-refractivity contribution in [2.75, 3.05) is 13.2 Å². The van der Waals surface area contributed by atoms with E-state index in [1.165, 1.54) is 38.5 Å². The molecule has 0 saturated heterocycles. The van der Waals surface area contributed by atoms with Gasteiger partial charge < -0.3 is 9.84 Å². The second-order valence-electron chi connectivity index (χ2n) is 4.66. The maximum Gasteiger partial charge on any atom is 0.0569 e. The van der Waals surface area contributed by atoms with Gasteiger partial charge in [-0.25, -0.2) is 0 Å². The first-order valence-electron chi connectivity index (χ1n) is 6.60. The highest BCUT2D eigenvalue weighted by molar-refractivity contribution is 4.72.